The van der Waals surface area contributed by atoms with Gasteiger partial charge in [0.25, 0.3) is 0 Å². The highest BCUT2D eigenvalue weighted by molar-refractivity contribution is 5.74. The van der Waals surface area contributed by atoms with E-state index in [0.717, 1.165) is 18.7 Å². The van der Waals surface area contributed by atoms with E-state index in [2.05, 4.69) is 10.4 Å². The van der Waals surface area contributed by atoms with E-state index in [1.807, 2.05) is 24.6 Å². The lowest BCUT2D eigenvalue weighted by atomic mass is 9.82. The van der Waals surface area contributed by atoms with E-state index in [0.29, 0.717) is 32.5 Å². The zero-order valence-electron chi connectivity index (χ0n) is 13.3. The number of carboxylic acid groups (broad SMARTS) is 1. The summed E-state index contributed by atoms with van der Waals surface area (Å²) in [6, 6.07) is 1.96. The number of hydrogen-bond donors (Lipinski definition) is 2. The Hall–Kier alpha value is -1.40. The van der Waals surface area contributed by atoms with Gasteiger partial charge in [-0.3, -0.25) is 9.48 Å². The summed E-state index contributed by atoms with van der Waals surface area (Å²) in [7, 11) is 1.69. The summed E-state index contributed by atoms with van der Waals surface area (Å²) in [5.41, 5.74) is 0.388. The fourth-order valence-corrected chi connectivity index (χ4v) is 2.38. The molecule has 1 aromatic rings. The molecular formula is C15H27N3O3. The molecule has 0 unspecified atom stereocenters. The lowest BCUT2D eigenvalue weighted by molar-refractivity contribution is -0.149. The monoisotopic (exact) mass is 297 g/mol. The van der Waals surface area contributed by atoms with E-state index in [1.54, 1.807) is 13.3 Å². The summed E-state index contributed by atoms with van der Waals surface area (Å²) in [4.78, 5) is 11.4. The van der Waals surface area contributed by atoms with Crippen molar-refractivity contribution in [3.05, 3.63) is 18.0 Å². The number of aromatic nitrogens is 2. The minimum absolute atomic E-state index is 0.471. The van der Waals surface area contributed by atoms with Crippen molar-refractivity contribution < 1.29 is 14.6 Å². The molecule has 1 heterocycles. The van der Waals surface area contributed by atoms with Crippen molar-refractivity contribution in [3.63, 3.8) is 0 Å². The van der Waals surface area contributed by atoms with Crippen LogP contribution in [-0.4, -0.2) is 41.1 Å². The van der Waals surface area contributed by atoms with Crippen molar-refractivity contribution in [2.75, 3.05) is 20.3 Å². The molecule has 21 heavy (non-hydrogen) atoms. The Balaban J connectivity index is 2.52. The van der Waals surface area contributed by atoms with Crippen LogP contribution in [0.25, 0.3) is 0 Å². The molecule has 0 saturated heterocycles. The summed E-state index contributed by atoms with van der Waals surface area (Å²) < 4.78 is 6.98. The smallest absolute Gasteiger partial charge is 0.310 e. The van der Waals surface area contributed by atoms with Crippen LogP contribution in [-0.2, 0) is 22.6 Å². The molecule has 0 radical (unpaired) electrons. The van der Waals surface area contributed by atoms with E-state index in [4.69, 9.17) is 4.74 Å². The molecule has 1 rings (SSSR count). The van der Waals surface area contributed by atoms with Gasteiger partial charge in [0.2, 0.25) is 0 Å². The predicted octanol–water partition coefficient (Wildman–Crippen LogP) is 1.90. The molecule has 0 atom stereocenters. The van der Waals surface area contributed by atoms with E-state index in [1.165, 1.54) is 0 Å². The first-order valence-corrected chi connectivity index (χ1v) is 7.53. The van der Waals surface area contributed by atoms with Gasteiger partial charge in [0.15, 0.2) is 0 Å². The van der Waals surface area contributed by atoms with Crippen LogP contribution >= 0.6 is 0 Å². The van der Waals surface area contributed by atoms with Crippen molar-refractivity contribution in [1.82, 2.24) is 15.1 Å². The van der Waals surface area contributed by atoms with E-state index in [-0.39, 0.29) is 0 Å². The first-order valence-electron chi connectivity index (χ1n) is 7.53. The molecule has 6 heteroatoms. The highest BCUT2D eigenvalue weighted by Crippen LogP contribution is 2.25. The fraction of sp³-hybridized carbons (Fsp3) is 0.733. The Labute approximate surface area is 126 Å². The van der Waals surface area contributed by atoms with Crippen LogP contribution in [0, 0.1) is 5.41 Å². The van der Waals surface area contributed by atoms with Crippen LogP contribution in [0.1, 0.15) is 38.8 Å². The molecule has 1 aromatic heterocycles. The molecule has 0 aliphatic carbocycles. The fourth-order valence-electron chi connectivity index (χ4n) is 2.38. The summed E-state index contributed by atoms with van der Waals surface area (Å²) >= 11 is 0. The van der Waals surface area contributed by atoms with Gasteiger partial charge in [0, 0.05) is 39.5 Å². The summed E-state index contributed by atoms with van der Waals surface area (Å²) in [6.45, 7) is 6.47. The van der Waals surface area contributed by atoms with Crippen molar-refractivity contribution in [1.29, 1.82) is 0 Å². The highest BCUT2D eigenvalue weighted by atomic mass is 16.5. The van der Waals surface area contributed by atoms with Gasteiger partial charge >= 0.3 is 5.97 Å². The molecule has 0 saturated carbocycles. The van der Waals surface area contributed by atoms with Crippen LogP contribution < -0.4 is 5.32 Å². The first kappa shape index (κ1) is 17.7. The zero-order chi connectivity index (χ0) is 15.7. The van der Waals surface area contributed by atoms with E-state index >= 15 is 0 Å². The second kappa shape index (κ2) is 8.79. The molecule has 6 nitrogen and oxygen atoms in total. The largest absolute Gasteiger partial charge is 0.481 e. The minimum Gasteiger partial charge on any atom is -0.481 e. The van der Waals surface area contributed by atoms with Crippen LogP contribution in [0.3, 0.4) is 0 Å². The average Bonchev–Trinajstić information content (AvgIpc) is 2.91. The lowest BCUT2D eigenvalue weighted by Gasteiger charge is -2.27. The number of carboxylic acids is 1. The Bertz CT molecular complexity index is 428. The molecule has 0 bridgehead atoms. The van der Waals surface area contributed by atoms with Gasteiger partial charge < -0.3 is 15.2 Å². The summed E-state index contributed by atoms with van der Waals surface area (Å²) in [5.74, 6) is -0.728. The third-order valence-corrected chi connectivity index (χ3v) is 4.10. The maximum Gasteiger partial charge on any atom is 0.310 e. The number of nitrogens with zero attached hydrogens (tertiary/aromatic N) is 2. The Kier molecular flexibility index (Phi) is 7.39. The zero-order valence-corrected chi connectivity index (χ0v) is 13.3. The van der Waals surface area contributed by atoms with E-state index in [9.17, 15) is 9.90 Å². The number of rotatable bonds is 11. The Morgan fingerprint density at radius 3 is 2.76 bits per heavy atom. The predicted molar refractivity (Wildman–Crippen MR) is 81.1 cm³/mol. The van der Waals surface area contributed by atoms with Gasteiger partial charge in [-0.15, -0.1) is 0 Å². The van der Waals surface area contributed by atoms with Gasteiger partial charge in [0.05, 0.1) is 11.1 Å². The van der Waals surface area contributed by atoms with Crippen molar-refractivity contribution in [2.45, 2.75) is 46.2 Å². The lowest BCUT2D eigenvalue weighted by Crippen LogP contribution is -2.40. The number of methoxy groups -OCH3 is 1. The van der Waals surface area contributed by atoms with Gasteiger partial charge in [-0.05, 0) is 25.3 Å². The van der Waals surface area contributed by atoms with Gasteiger partial charge in [0.1, 0.15) is 0 Å². The third kappa shape index (κ3) is 4.82. The SMILES string of the molecule is CCC(CC)(CNCc1ccnn1CCCOC)C(=O)O. The van der Waals surface area contributed by atoms with Gasteiger partial charge in [-0.25, -0.2) is 0 Å². The molecular weight excluding hydrogens is 270 g/mol. The molecule has 0 fully saturated rings. The van der Waals surface area contributed by atoms with Crippen LogP contribution in [0.2, 0.25) is 0 Å². The number of carbonyl (C=O) groups is 1. The van der Waals surface area contributed by atoms with Crippen LogP contribution in [0.15, 0.2) is 12.3 Å². The highest BCUT2D eigenvalue weighted by Gasteiger charge is 2.34. The number of aliphatic carboxylic acids is 1. The second-order valence-corrected chi connectivity index (χ2v) is 5.29. The van der Waals surface area contributed by atoms with Gasteiger partial charge in [-0.2, -0.15) is 5.10 Å². The summed E-state index contributed by atoms with van der Waals surface area (Å²) in [6.07, 6.45) is 3.93. The number of hydrogen-bond acceptors (Lipinski definition) is 4. The molecule has 0 spiro atoms. The topological polar surface area (TPSA) is 76.4 Å². The molecule has 120 valence electrons. The first-order chi connectivity index (χ1) is 10.1. The number of ether oxygens (including phenoxy) is 1. The van der Waals surface area contributed by atoms with Gasteiger partial charge in [-0.1, -0.05) is 13.8 Å². The summed E-state index contributed by atoms with van der Waals surface area (Å²) in [5, 5.41) is 17.0. The third-order valence-electron chi connectivity index (χ3n) is 4.10. The number of nitrogens with one attached hydrogen (secondary N) is 1. The van der Waals surface area contributed by atoms with E-state index < -0.39 is 11.4 Å². The molecule has 0 amide bonds. The molecule has 0 aliphatic rings. The normalized spacial score (nSPS) is 11.8. The maximum atomic E-state index is 11.4. The quantitative estimate of drug-likeness (QED) is 0.610. The molecule has 0 aromatic carbocycles. The van der Waals surface area contributed by atoms with Crippen molar-refractivity contribution in [2.24, 2.45) is 5.41 Å². The standard InChI is InChI=1S/C15H27N3O3/c1-4-15(5-2,14(19)20)12-16-11-13-7-8-17-18(13)9-6-10-21-3/h7-8,16H,4-6,9-12H2,1-3H3,(H,19,20). The Morgan fingerprint density at radius 2 is 2.19 bits per heavy atom. The van der Waals surface area contributed by atoms with Crippen LogP contribution in [0.4, 0.5) is 0 Å². The Morgan fingerprint density at radius 1 is 1.48 bits per heavy atom. The average molecular weight is 297 g/mol. The molecule has 2 N–H and O–H groups in total. The van der Waals surface area contributed by atoms with Crippen molar-refractivity contribution in [3.8, 4) is 0 Å². The van der Waals surface area contributed by atoms with Crippen molar-refractivity contribution >= 4 is 5.97 Å². The second-order valence-electron chi connectivity index (χ2n) is 5.29. The maximum absolute atomic E-state index is 11.4. The molecule has 0 aliphatic heterocycles. The minimum atomic E-state index is -0.728. The number of aryl methyl sites for hydroxylation is 1. The van der Waals surface area contributed by atoms with Crippen LogP contribution in [0.5, 0.6) is 0 Å².